The Balaban J connectivity index is 1.67. The average Bonchev–Trinajstić information content (AvgIpc) is 3.19. The van der Waals surface area contributed by atoms with Crippen LogP contribution in [0.2, 0.25) is 0 Å². The maximum absolute atomic E-state index is 12.9. The van der Waals surface area contributed by atoms with Crippen LogP contribution in [0.1, 0.15) is 27.0 Å². The lowest BCUT2D eigenvalue weighted by Crippen LogP contribution is -2.27. The number of carbonyl (C=O) groups excluding carboxylic acids is 1. The summed E-state index contributed by atoms with van der Waals surface area (Å²) in [4.78, 5) is 18.8. The van der Waals surface area contributed by atoms with Gasteiger partial charge in [0.15, 0.2) is 0 Å². The molecule has 0 N–H and O–H groups in total. The van der Waals surface area contributed by atoms with Gasteiger partial charge in [-0.2, -0.15) is 13.2 Å². The highest BCUT2D eigenvalue weighted by Crippen LogP contribution is 2.29. The predicted molar refractivity (Wildman–Crippen MR) is 110 cm³/mol. The molecule has 1 heterocycles. The molecule has 3 rings (SSSR count). The zero-order chi connectivity index (χ0) is 20.1. The zero-order valence-corrected chi connectivity index (χ0v) is 16.8. The molecule has 0 radical (unpaired) electrons. The quantitative estimate of drug-likeness (QED) is 0.652. The van der Waals surface area contributed by atoms with Gasteiger partial charge in [0.05, 0.1) is 12.1 Å². The maximum atomic E-state index is 12.9. The van der Waals surface area contributed by atoms with Gasteiger partial charge in [-0.1, -0.05) is 53.9 Å². The number of thioether (sulfide) groups is 2. The van der Waals surface area contributed by atoms with Gasteiger partial charge in [0, 0.05) is 30.7 Å². The van der Waals surface area contributed by atoms with Crippen molar-refractivity contribution in [3.63, 3.8) is 0 Å². The highest BCUT2D eigenvalue weighted by atomic mass is 32.2. The number of carbonyl (C=O) groups is 1. The Morgan fingerprint density at radius 3 is 2.54 bits per heavy atom. The number of benzene rings is 2. The van der Waals surface area contributed by atoms with Crippen LogP contribution in [0.3, 0.4) is 0 Å². The van der Waals surface area contributed by atoms with Crippen molar-refractivity contribution >= 4 is 33.8 Å². The molecule has 0 saturated carbocycles. The van der Waals surface area contributed by atoms with E-state index >= 15 is 0 Å². The summed E-state index contributed by atoms with van der Waals surface area (Å²) in [6.07, 6.45) is -4.36. The minimum atomic E-state index is -4.36. The third-order valence-electron chi connectivity index (χ3n) is 4.20. The molecule has 2 aromatic rings. The zero-order valence-electron chi connectivity index (χ0n) is 15.2. The van der Waals surface area contributed by atoms with E-state index in [2.05, 4.69) is 4.99 Å². The summed E-state index contributed by atoms with van der Waals surface area (Å²) in [7, 11) is 1.65. The van der Waals surface area contributed by atoms with Crippen LogP contribution in [0.15, 0.2) is 53.5 Å². The minimum Gasteiger partial charge on any atom is -0.337 e. The molecular weight excluding hydrogens is 405 g/mol. The Morgan fingerprint density at radius 2 is 1.89 bits per heavy atom. The minimum absolute atomic E-state index is 0.155. The maximum Gasteiger partial charge on any atom is 0.416 e. The van der Waals surface area contributed by atoms with Crippen LogP contribution >= 0.6 is 23.5 Å². The largest absolute Gasteiger partial charge is 0.416 e. The monoisotopic (exact) mass is 424 g/mol. The van der Waals surface area contributed by atoms with Gasteiger partial charge in [0.25, 0.3) is 5.91 Å². The van der Waals surface area contributed by atoms with E-state index in [9.17, 15) is 18.0 Å². The molecule has 148 valence electrons. The van der Waals surface area contributed by atoms with Gasteiger partial charge in [0.2, 0.25) is 0 Å². The normalized spacial score (nSPS) is 14.1. The van der Waals surface area contributed by atoms with E-state index in [4.69, 9.17) is 0 Å². The van der Waals surface area contributed by atoms with Crippen LogP contribution in [-0.4, -0.2) is 34.5 Å². The molecule has 0 aliphatic carbocycles. The number of halogens is 3. The molecule has 3 nitrogen and oxygen atoms in total. The number of hydrogen-bond acceptors (Lipinski definition) is 4. The topological polar surface area (TPSA) is 32.7 Å². The molecular formula is C20H19F3N2OS2. The second kappa shape index (κ2) is 9.05. The first kappa shape index (κ1) is 20.8. The fourth-order valence-corrected chi connectivity index (χ4v) is 4.76. The van der Waals surface area contributed by atoms with E-state index in [1.807, 2.05) is 18.2 Å². The molecule has 0 atom stereocenters. The van der Waals surface area contributed by atoms with E-state index < -0.39 is 11.7 Å². The Morgan fingerprint density at radius 1 is 1.18 bits per heavy atom. The van der Waals surface area contributed by atoms with Crippen molar-refractivity contribution < 1.29 is 18.0 Å². The van der Waals surface area contributed by atoms with Crippen LogP contribution in [0.5, 0.6) is 0 Å². The van der Waals surface area contributed by atoms with E-state index in [-0.39, 0.29) is 12.5 Å². The first-order valence-electron chi connectivity index (χ1n) is 8.64. The summed E-state index contributed by atoms with van der Waals surface area (Å²) in [5.74, 6) is 1.50. The molecule has 0 bridgehead atoms. The molecule has 1 aliphatic rings. The molecule has 8 heteroatoms. The van der Waals surface area contributed by atoms with Gasteiger partial charge in [-0.3, -0.25) is 9.79 Å². The van der Waals surface area contributed by atoms with E-state index in [1.54, 1.807) is 36.6 Å². The van der Waals surface area contributed by atoms with Gasteiger partial charge in [-0.15, -0.1) is 0 Å². The summed E-state index contributed by atoms with van der Waals surface area (Å²) in [6.45, 7) is 1.07. The SMILES string of the molecule is CN(Cc1ccc(C(F)(F)F)cc1)C(=O)c1ccccc1CSC1=NCCS1. The fraction of sp³-hybridized carbons (Fsp3) is 0.300. The standard InChI is InChI=1S/C20H19F3N2OS2/c1-25(12-14-6-8-16(9-7-14)20(21,22)23)18(26)17-5-3-2-4-15(17)13-28-19-24-10-11-27-19/h2-9H,10-13H2,1H3. The van der Waals surface area contributed by atoms with Crippen molar-refractivity contribution in [3.8, 4) is 0 Å². The van der Waals surface area contributed by atoms with Crippen LogP contribution in [0.4, 0.5) is 13.2 Å². The predicted octanol–water partition coefficient (Wildman–Crippen LogP) is 5.31. The summed E-state index contributed by atoms with van der Waals surface area (Å²) in [6, 6.07) is 12.3. The van der Waals surface area contributed by atoms with Crippen molar-refractivity contribution in [2.45, 2.75) is 18.5 Å². The van der Waals surface area contributed by atoms with E-state index in [0.29, 0.717) is 16.9 Å². The average molecular weight is 425 g/mol. The second-order valence-corrected chi connectivity index (χ2v) is 8.60. The lowest BCUT2D eigenvalue weighted by molar-refractivity contribution is -0.137. The van der Waals surface area contributed by atoms with Crippen molar-refractivity contribution in [2.75, 3.05) is 19.3 Å². The molecule has 0 fully saturated rings. The molecule has 1 aliphatic heterocycles. The summed E-state index contributed by atoms with van der Waals surface area (Å²) in [5, 5.41) is 0. The Bertz CT molecular complexity index is 866. The summed E-state index contributed by atoms with van der Waals surface area (Å²) >= 11 is 3.35. The molecule has 0 unspecified atom stereocenters. The van der Waals surface area contributed by atoms with Gasteiger partial charge in [-0.05, 0) is 29.3 Å². The highest BCUT2D eigenvalue weighted by molar-refractivity contribution is 8.38. The van der Waals surface area contributed by atoms with Gasteiger partial charge < -0.3 is 4.90 Å². The first-order valence-corrected chi connectivity index (χ1v) is 10.6. The van der Waals surface area contributed by atoms with Crippen LogP contribution in [0, 0.1) is 0 Å². The van der Waals surface area contributed by atoms with Crippen LogP contribution in [-0.2, 0) is 18.5 Å². The number of amides is 1. The van der Waals surface area contributed by atoms with Gasteiger partial charge >= 0.3 is 6.18 Å². The Hall–Kier alpha value is -1.93. The summed E-state index contributed by atoms with van der Waals surface area (Å²) < 4.78 is 39.1. The van der Waals surface area contributed by atoms with Crippen LogP contribution < -0.4 is 0 Å². The molecule has 1 amide bonds. The second-order valence-electron chi connectivity index (χ2n) is 6.30. The van der Waals surface area contributed by atoms with Crippen molar-refractivity contribution in [1.82, 2.24) is 4.90 Å². The fourth-order valence-electron chi connectivity index (χ4n) is 2.75. The van der Waals surface area contributed by atoms with E-state index in [1.165, 1.54) is 17.0 Å². The number of aliphatic imine (C=N–C) groups is 1. The number of hydrogen-bond donors (Lipinski definition) is 0. The highest BCUT2D eigenvalue weighted by Gasteiger charge is 2.30. The molecule has 0 spiro atoms. The third-order valence-corrected chi connectivity index (χ3v) is 6.51. The molecule has 2 aromatic carbocycles. The van der Waals surface area contributed by atoms with E-state index in [0.717, 1.165) is 34.4 Å². The first-order chi connectivity index (χ1) is 13.3. The Kier molecular flexibility index (Phi) is 6.72. The number of alkyl halides is 3. The lowest BCUT2D eigenvalue weighted by Gasteiger charge is -2.19. The Labute approximate surface area is 170 Å². The molecule has 0 aromatic heterocycles. The molecule has 28 heavy (non-hydrogen) atoms. The third kappa shape index (κ3) is 5.32. The summed E-state index contributed by atoms with van der Waals surface area (Å²) in [5.41, 5.74) is 1.48. The van der Waals surface area contributed by atoms with Gasteiger partial charge in [0.1, 0.15) is 4.38 Å². The number of nitrogens with zero attached hydrogens (tertiary/aromatic N) is 2. The number of rotatable bonds is 5. The van der Waals surface area contributed by atoms with Gasteiger partial charge in [-0.25, -0.2) is 0 Å². The lowest BCUT2D eigenvalue weighted by atomic mass is 10.1. The van der Waals surface area contributed by atoms with Crippen LogP contribution in [0.25, 0.3) is 0 Å². The molecule has 0 saturated heterocycles. The van der Waals surface area contributed by atoms with Crippen molar-refractivity contribution in [2.24, 2.45) is 4.99 Å². The smallest absolute Gasteiger partial charge is 0.337 e. The van der Waals surface area contributed by atoms with Crippen molar-refractivity contribution in [1.29, 1.82) is 0 Å². The van der Waals surface area contributed by atoms with Crippen molar-refractivity contribution in [3.05, 3.63) is 70.8 Å².